The number of imidazole rings is 1. The SMILES string of the molecule is CC(C(=O)Nc1nc(-c2cnc(C(F)(F)F)nc2)cs1)n1cnc2c1c(=O)n(C)c(=O)n2C. The third kappa shape index (κ3) is 3.90. The number of fused-ring (bicyclic) bond motifs is 1. The molecule has 11 nitrogen and oxygen atoms in total. The first-order valence-corrected chi connectivity index (χ1v) is 10.2. The standard InChI is InChI=1S/C18H15F3N8O3S/c1-8(29-7-24-12-11(29)14(31)28(3)17(32)27(12)2)13(30)26-16-25-10(6-33-16)9-4-22-15(23-5-9)18(19,20)21/h4-8H,1-3H3,(H,25,26,30). The van der Waals surface area contributed by atoms with Crippen molar-refractivity contribution in [3.05, 3.63) is 50.8 Å². The number of carbonyl (C=O) groups is 1. The zero-order valence-corrected chi connectivity index (χ0v) is 18.1. The fourth-order valence-corrected chi connectivity index (χ4v) is 3.79. The van der Waals surface area contributed by atoms with Crippen LogP contribution in [0.25, 0.3) is 22.4 Å². The van der Waals surface area contributed by atoms with Gasteiger partial charge < -0.3 is 9.88 Å². The van der Waals surface area contributed by atoms with Crippen molar-refractivity contribution >= 4 is 33.5 Å². The highest BCUT2D eigenvalue weighted by atomic mass is 32.1. The maximum atomic E-state index is 12.8. The van der Waals surface area contributed by atoms with E-state index < -0.39 is 35.2 Å². The molecule has 4 aromatic heterocycles. The first-order chi connectivity index (χ1) is 15.5. The van der Waals surface area contributed by atoms with Crippen LogP contribution in [-0.4, -0.2) is 39.5 Å². The number of anilines is 1. The van der Waals surface area contributed by atoms with Crippen LogP contribution in [-0.2, 0) is 25.1 Å². The van der Waals surface area contributed by atoms with Gasteiger partial charge in [-0.25, -0.2) is 24.7 Å². The van der Waals surface area contributed by atoms with Gasteiger partial charge in [-0.1, -0.05) is 0 Å². The molecular weight excluding hydrogens is 465 g/mol. The van der Waals surface area contributed by atoms with Crippen molar-refractivity contribution in [2.24, 2.45) is 14.1 Å². The second-order valence-corrected chi connectivity index (χ2v) is 7.88. The average Bonchev–Trinajstić information content (AvgIpc) is 3.42. The maximum Gasteiger partial charge on any atom is 0.451 e. The minimum Gasteiger partial charge on any atom is -0.312 e. The lowest BCUT2D eigenvalue weighted by Gasteiger charge is -2.13. The van der Waals surface area contributed by atoms with Gasteiger partial charge in [0.15, 0.2) is 16.3 Å². The van der Waals surface area contributed by atoms with Crippen molar-refractivity contribution in [3.63, 3.8) is 0 Å². The molecule has 0 fully saturated rings. The van der Waals surface area contributed by atoms with Crippen LogP contribution in [0, 0.1) is 0 Å². The van der Waals surface area contributed by atoms with E-state index in [9.17, 15) is 27.6 Å². The summed E-state index contributed by atoms with van der Waals surface area (Å²) >= 11 is 1.05. The topological polar surface area (TPSA) is 130 Å². The molecule has 0 radical (unpaired) electrons. The summed E-state index contributed by atoms with van der Waals surface area (Å²) in [5.74, 6) is -1.78. The number of nitrogens with zero attached hydrogens (tertiary/aromatic N) is 7. The summed E-state index contributed by atoms with van der Waals surface area (Å²) in [6, 6.07) is -0.887. The van der Waals surface area contributed by atoms with Crippen LogP contribution >= 0.6 is 11.3 Å². The Morgan fingerprint density at radius 1 is 1.12 bits per heavy atom. The summed E-state index contributed by atoms with van der Waals surface area (Å²) in [7, 11) is 2.79. The van der Waals surface area contributed by atoms with Gasteiger partial charge in [0.05, 0.1) is 12.0 Å². The second kappa shape index (κ2) is 7.91. The second-order valence-electron chi connectivity index (χ2n) is 7.03. The Morgan fingerprint density at radius 2 is 1.79 bits per heavy atom. The van der Waals surface area contributed by atoms with Gasteiger partial charge in [0.25, 0.3) is 5.56 Å². The average molecular weight is 480 g/mol. The van der Waals surface area contributed by atoms with Gasteiger partial charge in [-0.05, 0) is 6.92 Å². The van der Waals surface area contributed by atoms with E-state index in [2.05, 4.69) is 25.3 Å². The van der Waals surface area contributed by atoms with Crippen molar-refractivity contribution < 1.29 is 18.0 Å². The number of hydrogen-bond acceptors (Lipinski definition) is 8. The molecule has 15 heteroatoms. The molecule has 172 valence electrons. The monoisotopic (exact) mass is 480 g/mol. The minimum atomic E-state index is -4.65. The Balaban J connectivity index is 1.57. The van der Waals surface area contributed by atoms with Gasteiger partial charge in [-0.3, -0.25) is 18.7 Å². The Labute approximate surface area is 186 Å². The van der Waals surface area contributed by atoms with E-state index in [0.29, 0.717) is 0 Å². The van der Waals surface area contributed by atoms with Crippen LogP contribution < -0.4 is 16.6 Å². The summed E-state index contributed by atoms with van der Waals surface area (Å²) < 4.78 is 41.3. The number of hydrogen-bond donors (Lipinski definition) is 1. The molecule has 0 aromatic carbocycles. The highest BCUT2D eigenvalue weighted by molar-refractivity contribution is 7.14. The van der Waals surface area contributed by atoms with Gasteiger partial charge in [-0.2, -0.15) is 13.2 Å². The molecule has 0 aliphatic rings. The van der Waals surface area contributed by atoms with Gasteiger partial charge >= 0.3 is 11.9 Å². The number of amides is 1. The van der Waals surface area contributed by atoms with Crippen molar-refractivity contribution in [1.82, 2.24) is 33.6 Å². The molecule has 0 spiro atoms. The molecule has 4 aromatic rings. The Kier molecular flexibility index (Phi) is 5.35. The van der Waals surface area contributed by atoms with E-state index >= 15 is 0 Å². The van der Waals surface area contributed by atoms with Gasteiger partial charge in [0, 0.05) is 37.4 Å². The van der Waals surface area contributed by atoms with Crippen LogP contribution in [0.2, 0.25) is 0 Å². The number of alkyl halides is 3. The first kappa shape index (κ1) is 22.3. The van der Waals surface area contributed by atoms with Crippen molar-refractivity contribution in [2.45, 2.75) is 19.1 Å². The lowest BCUT2D eigenvalue weighted by Crippen LogP contribution is -2.38. The van der Waals surface area contributed by atoms with E-state index in [1.165, 1.54) is 34.9 Å². The van der Waals surface area contributed by atoms with E-state index in [4.69, 9.17) is 0 Å². The predicted molar refractivity (Wildman–Crippen MR) is 112 cm³/mol. The molecule has 0 saturated carbocycles. The molecule has 4 heterocycles. The van der Waals surface area contributed by atoms with E-state index in [0.717, 1.165) is 28.3 Å². The molecule has 0 bridgehead atoms. The summed E-state index contributed by atoms with van der Waals surface area (Å²) in [6.07, 6.45) is -1.36. The zero-order chi connectivity index (χ0) is 24.1. The van der Waals surface area contributed by atoms with Gasteiger partial charge in [0.1, 0.15) is 6.04 Å². The summed E-state index contributed by atoms with van der Waals surface area (Å²) in [4.78, 5) is 52.3. The molecule has 1 N–H and O–H groups in total. The molecule has 33 heavy (non-hydrogen) atoms. The predicted octanol–water partition coefficient (Wildman–Crippen LogP) is 1.57. The van der Waals surface area contributed by atoms with Gasteiger partial charge in [-0.15, -0.1) is 11.3 Å². The van der Waals surface area contributed by atoms with Crippen LogP contribution in [0.5, 0.6) is 0 Å². The van der Waals surface area contributed by atoms with Crippen LogP contribution in [0.1, 0.15) is 18.8 Å². The van der Waals surface area contributed by atoms with Crippen LogP contribution in [0.3, 0.4) is 0 Å². The van der Waals surface area contributed by atoms with Crippen LogP contribution in [0.15, 0.2) is 33.7 Å². The third-order valence-electron chi connectivity index (χ3n) is 4.91. The Hall–Kier alpha value is -3.88. The molecule has 0 aliphatic heterocycles. The number of rotatable bonds is 4. The minimum absolute atomic E-state index is 0.0870. The number of nitrogens with one attached hydrogen (secondary N) is 1. The fourth-order valence-electron chi connectivity index (χ4n) is 3.06. The molecule has 0 aliphatic carbocycles. The largest absolute Gasteiger partial charge is 0.451 e. The summed E-state index contributed by atoms with van der Waals surface area (Å²) in [5.41, 5.74) is -0.376. The molecule has 1 atom stereocenters. The molecule has 4 rings (SSSR count). The highest BCUT2D eigenvalue weighted by Crippen LogP contribution is 2.28. The maximum absolute atomic E-state index is 12.8. The third-order valence-corrected chi connectivity index (χ3v) is 5.66. The van der Waals surface area contributed by atoms with Crippen molar-refractivity contribution in [2.75, 3.05) is 5.32 Å². The first-order valence-electron chi connectivity index (χ1n) is 9.27. The number of thiazole rings is 1. The number of carbonyl (C=O) groups excluding carboxylic acids is 1. The lowest BCUT2D eigenvalue weighted by atomic mass is 10.3. The highest BCUT2D eigenvalue weighted by Gasteiger charge is 2.34. The fraction of sp³-hybridized carbons (Fsp3) is 0.278. The number of aryl methyl sites for hydroxylation is 1. The quantitative estimate of drug-likeness (QED) is 0.469. The smallest absolute Gasteiger partial charge is 0.312 e. The summed E-state index contributed by atoms with van der Waals surface area (Å²) in [5, 5.41) is 4.32. The number of halogens is 3. The summed E-state index contributed by atoms with van der Waals surface area (Å²) in [6.45, 7) is 1.54. The van der Waals surface area contributed by atoms with Crippen molar-refractivity contribution in [1.29, 1.82) is 0 Å². The molecule has 0 saturated heterocycles. The van der Waals surface area contributed by atoms with E-state index in [-0.39, 0.29) is 27.6 Å². The van der Waals surface area contributed by atoms with E-state index in [1.807, 2.05) is 0 Å². The van der Waals surface area contributed by atoms with Crippen LogP contribution in [0.4, 0.5) is 18.3 Å². The Bertz CT molecular complexity index is 1480. The molecule has 1 unspecified atom stereocenters. The van der Waals surface area contributed by atoms with Crippen molar-refractivity contribution in [3.8, 4) is 11.3 Å². The Morgan fingerprint density at radius 3 is 2.42 bits per heavy atom. The van der Waals surface area contributed by atoms with Gasteiger partial charge in [0.2, 0.25) is 11.7 Å². The zero-order valence-electron chi connectivity index (χ0n) is 17.3. The normalized spacial score (nSPS) is 12.8. The lowest BCUT2D eigenvalue weighted by molar-refractivity contribution is -0.145. The molecule has 1 amide bonds. The molecular formula is C18H15F3N8O3S. The van der Waals surface area contributed by atoms with E-state index in [1.54, 1.807) is 6.92 Å². The number of aromatic nitrogens is 7.